The molecule has 0 spiro atoms. The molecular formula is C20H29N3O2. The highest BCUT2D eigenvalue weighted by molar-refractivity contribution is 5.88. The van der Waals surface area contributed by atoms with Gasteiger partial charge in [0.1, 0.15) is 6.04 Å². The molecule has 1 aromatic carbocycles. The second kappa shape index (κ2) is 7.89. The lowest BCUT2D eigenvalue weighted by Gasteiger charge is -2.28. The van der Waals surface area contributed by atoms with Crippen LogP contribution in [0, 0.1) is 0 Å². The monoisotopic (exact) mass is 343 g/mol. The van der Waals surface area contributed by atoms with Crippen molar-refractivity contribution in [3.8, 4) is 0 Å². The van der Waals surface area contributed by atoms with Crippen LogP contribution in [0.1, 0.15) is 50.2 Å². The molecule has 0 aliphatic carbocycles. The maximum absolute atomic E-state index is 12.6. The predicted octanol–water partition coefficient (Wildman–Crippen LogP) is 2.48. The molecule has 1 fully saturated rings. The van der Waals surface area contributed by atoms with Crippen molar-refractivity contribution in [2.75, 3.05) is 25.0 Å². The zero-order chi connectivity index (χ0) is 17.8. The molecule has 5 heteroatoms. The Morgan fingerprint density at radius 3 is 2.88 bits per heavy atom. The number of fused-ring (bicyclic) bond motifs is 1. The van der Waals surface area contributed by atoms with Crippen molar-refractivity contribution >= 4 is 17.5 Å². The predicted molar refractivity (Wildman–Crippen MR) is 99.5 cm³/mol. The van der Waals surface area contributed by atoms with Crippen LogP contribution in [-0.4, -0.2) is 42.9 Å². The number of nitrogens with zero attached hydrogens (tertiary/aromatic N) is 2. The van der Waals surface area contributed by atoms with E-state index in [0.717, 1.165) is 37.8 Å². The average Bonchev–Trinajstić information content (AvgIpc) is 3.10. The minimum absolute atomic E-state index is 0.0169. The van der Waals surface area contributed by atoms with Crippen LogP contribution in [0.3, 0.4) is 0 Å². The van der Waals surface area contributed by atoms with E-state index in [1.165, 1.54) is 17.7 Å². The van der Waals surface area contributed by atoms with Gasteiger partial charge >= 0.3 is 0 Å². The molecule has 0 bridgehead atoms. The Balaban J connectivity index is 1.59. The van der Waals surface area contributed by atoms with Gasteiger partial charge in [-0.1, -0.05) is 19.1 Å². The van der Waals surface area contributed by atoms with Crippen LogP contribution in [0.25, 0.3) is 0 Å². The Morgan fingerprint density at radius 2 is 2.08 bits per heavy atom. The lowest BCUT2D eigenvalue weighted by atomic mass is 9.99. The minimum atomic E-state index is -0.289. The SMILES string of the molecule is CCCC(=O)N1CCC[C@H]1C(=O)NCc1ccc2c(c1)CCCN2C. The lowest BCUT2D eigenvalue weighted by Crippen LogP contribution is -2.45. The summed E-state index contributed by atoms with van der Waals surface area (Å²) in [5.74, 6) is 0.0914. The Bertz CT molecular complexity index is 644. The van der Waals surface area contributed by atoms with Crippen LogP contribution < -0.4 is 10.2 Å². The van der Waals surface area contributed by atoms with Crippen LogP contribution >= 0.6 is 0 Å². The second-order valence-electron chi connectivity index (χ2n) is 7.20. The Labute approximate surface area is 150 Å². The van der Waals surface area contributed by atoms with Crippen molar-refractivity contribution in [1.29, 1.82) is 0 Å². The number of aryl methyl sites for hydroxylation is 1. The fourth-order valence-electron chi connectivity index (χ4n) is 3.95. The van der Waals surface area contributed by atoms with Gasteiger partial charge in [0.2, 0.25) is 11.8 Å². The number of benzene rings is 1. The van der Waals surface area contributed by atoms with Gasteiger partial charge in [-0.25, -0.2) is 0 Å². The van der Waals surface area contributed by atoms with E-state index in [0.29, 0.717) is 19.5 Å². The molecule has 2 aliphatic rings. The van der Waals surface area contributed by atoms with Gasteiger partial charge in [-0.05, 0) is 49.3 Å². The molecule has 1 aromatic rings. The Morgan fingerprint density at radius 1 is 1.24 bits per heavy atom. The number of rotatable bonds is 5. The summed E-state index contributed by atoms with van der Waals surface area (Å²) in [6, 6.07) is 6.17. The molecule has 1 atom stereocenters. The van der Waals surface area contributed by atoms with Gasteiger partial charge in [0.15, 0.2) is 0 Å². The van der Waals surface area contributed by atoms with Crippen LogP contribution in [0.15, 0.2) is 18.2 Å². The highest BCUT2D eigenvalue weighted by Gasteiger charge is 2.33. The molecule has 1 saturated heterocycles. The highest BCUT2D eigenvalue weighted by Crippen LogP contribution is 2.27. The van der Waals surface area contributed by atoms with Crippen LogP contribution in [0.4, 0.5) is 5.69 Å². The molecule has 2 amide bonds. The van der Waals surface area contributed by atoms with E-state index in [4.69, 9.17) is 0 Å². The van der Waals surface area contributed by atoms with Gasteiger partial charge in [0.25, 0.3) is 0 Å². The number of anilines is 1. The first-order valence-corrected chi connectivity index (χ1v) is 9.50. The third-order valence-electron chi connectivity index (χ3n) is 5.30. The fraction of sp³-hybridized carbons (Fsp3) is 0.600. The minimum Gasteiger partial charge on any atom is -0.374 e. The van der Waals surface area contributed by atoms with Gasteiger partial charge in [0.05, 0.1) is 0 Å². The number of amides is 2. The molecule has 0 radical (unpaired) electrons. The largest absolute Gasteiger partial charge is 0.374 e. The van der Waals surface area contributed by atoms with Gasteiger partial charge in [-0.15, -0.1) is 0 Å². The summed E-state index contributed by atoms with van der Waals surface area (Å²) in [7, 11) is 2.13. The summed E-state index contributed by atoms with van der Waals surface area (Å²) in [5, 5.41) is 3.04. The molecule has 0 saturated carbocycles. The fourth-order valence-corrected chi connectivity index (χ4v) is 3.95. The number of likely N-dealkylation sites (tertiary alicyclic amines) is 1. The molecule has 25 heavy (non-hydrogen) atoms. The third-order valence-corrected chi connectivity index (χ3v) is 5.30. The van der Waals surface area contributed by atoms with E-state index >= 15 is 0 Å². The normalized spacial score (nSPS) is 19.7. The summed E-state index contributed by atoms with van der Waals surface area (Å²) in [6.45, 7) is 4.34. The average molecular weight is 343 g/mol. The van der Waals surface area contributed by atoms with Gasteiger partial charge < -0.3 is 15.1 Å². The van der Waals surface area contributed by atoms with Gasteiger partial charge in [-0.2, -0.15) is 0 Å². The first-order chi connectivity index (χ1) is 12.1. The summed E-state index contributed by atoms with van der Waals surface area (Å²) in [6.07, 6.45) is 5.32. The van der Waals surface area contributed by atoms with Crippen molar-refractivity contribution in [3.05, 3.63) is 29.3 Å². The van der Waals surface area contributed by atoms with Gasteiger partial charge in [-0.3, -0.25) is 9.59 Å². The maximum Gasteiger partial charge on any atom is 0.243 e. The van der Waals surface area contributed by atoms with E-state index < -0.39 is 0 Å². The van der Waals surface area contributed by atoms with Crippen molar-refractivity contribution < 1.29 is 9.59 Å². The van der Waals surface area contributed by atoms with E-state index in [1.807, 2.05) is 6.92 Å². The van der Waals surface area contributed by atoms with Crippen molar-refractivity contribution in [1.82, 2.24) is 10.2 Å². The van der Waals surface area contributed by atoms with Crippen LogP contribution in [0.2, 0.25) is 0 Å². The first-order valence-electron chi connectivity index (χ1n) is 9.50. The van der Waals surface area contributed by atoms with Crippen molar-refractivity contribution in [2.24, 2.45) is 0 Å². The van der Waals surface area contributed by atoms with Crippen molar-refractivity contribution in [3.63, 3.8) is 0 Å². The third kappa shape index (κ3) is 3.97. The quantitative estimate of drug-likeness (QED) is 0.894. The smallest absolute Gasteiger partial charge is 0.243 e. The maximum atomic E-state index is 12.6. The standard InChI is InChI=1S/C20H29N3O2/c1-3-6-19(24)23-12-5-8-18(23)20(25)21-14-15-9-10-17-16(13-15)7-4-11-22(17)2/h9-10,13,18H,3-8,11-12,14H2,1-2H3,(H,21,25)/t18-/m0/s1. The van der Waals surface area contributed by atoms with Crippen LogP contribution in [0.5, 0.6) is 0 Å². The first kappa shape index (κ1) is 17.8. The van der Waals surface area contributed by atoms with Gasteiger partial charge in [0, 0.05) is 38.8 Å². The van der Waals surface area contributed by atoms with Crippen LogP contribution in [-0.2, 0) is 22.6 Å². The molecule has 0 aromatic heterocycles. The molecule has 2 heterocycles. The zero-order valence-corrected chi connectivity index (χ0v) is 15.4. The molecular weight excluding hydrogens is 314 g/mol. The highest BCUT2D eigenvalue weighted by atomic mass is 16.2. The summed E-state index contributed by atoms with van der Waals surface area (Å²) in [5.41, 5.74) is 3.79. The summed E-state index contributed by atoms with van der Waals surface area (Å²) < 4.78 is 0. The summed E-state index contributed by atoms with van der Waals surface area (Å²) in [4.78, 5) is 28.8. The van der Waals surface area contributed by atoms with E-state index in [2.05, 4.69) is 35.5 Å². The van der Waals surface area contributed by atoms with E-state index in [1.54, 1.807) is 4.90 Å². The number of carbonyl (C=O) groups excluding carboxylic acids is 2. The number of nitrogens with one attached hydrogen (secondary N) is 1. The van der Waals surface area contributed by atoms with E-state index in [9.17, 15) is 9.59 Å². The molecule has 5 nitrogen and oxygen atoms in total. The topological polar surface area (TPSA) is 52.7 Å². The number of carbonyl (C=O) groups is 2. The number of hydrogen-bond acceptors (Lipinski definition) is 3. The Kier molecular flexibility index (Phi) is 5.61. The second-order valence-corrected chi connectivity index (χ2v) is 7.20. The molecule has 3 rings (SSSR count). The zero-order valence-electron chi connectivity index (χ0n) is 15.4. The molecule has 2 aliphatic heterocycles. The lowest BCUT2D eigenvalue weighted by molar-refractivity contribution is -0.138. The van der Waals surface area contributed by atoms with Crippen molar-refractivity contribution in [2.45, 2.75) is 58.0 Å². The summed E-state index contributed by atoms with van der Waals surface area (Å²) >= 11 is 0. The molecule has 1 N–H and O–H groups in total. The molecule has 0 unspecified atom stereocenters. The van der Waals surface area contributed by atoms with E-state index in [-0.39, 0.29) is 17.9 Å². The Hall–Kier alpha value is -2.04. The molecule has 136 valence electrons. The number of hydrogen-bond donors (Lipinski definition) is 1.